The molecule has 3 nitrogen and oxygen atoms in total. The topological polar surface area (TPSA) is 43.8 Å². The minimum absolute atomic E-state index is 0.309. The molecule has 0 saturated heterocycles. The van der Waals surface area contributed by atoms with Crippen LogP contribution >= 0.6 is 0 Å². The first kappa shape index (κ1) is 15.7. The molecular formula is C16H27N3. The molecule has 0 aromatic carbocycles. The fourth-order valence-corrected chi connectivity index (χ4v) is 2.39. The number of hydrogen-bond acceptors (Lipinski definition) is 2. The summed E-state index contributed by atoms with van der Waals surface area (Å²) in [5.74, 6) is 0.539. The van der Waals surface area contributed by atoms with Gasteiger partial charge in [0.15, 0.2) is 0 Å². The lowest BCUT2D eigenvalue weighted by Gasteiger charge is -2.17. The molecule has 1 aromatic heterocycles. The van der Waals surface area contributed by atoms with E-state index in [4.69, 9.17) is 5.73 Å². The highest BCUT2D eigenvalue weighted by Crippen LogP contribution is 2.15. The third kappa shape index (κ3) is 5.03. The van der Waals surface area contributed by atoms with Gasteiger partial charge in [-0.2, -0.15) is 5.10 Å². The summed E-state index contributed by atoms with van der Waals surface area (Å²) in [4.78, 5) is 0. The molecule has 2 atom stereocenters. The highest BCUT2D eigenvalue weighted by atomic mass is 15.3. The van der Waals surface area contributed by atoms with Gasteiger partial charge in [0, 0.05) is 12.6 Å². The molecule has 106 valence electrons. The van der Waals surface area contributed by atoms with Crippen LogP contribution in [0, 0.1) is 12.8 Å². The third-order valence-electron chi connectivity index (χ3n) is 3.31. The van der Waals surface area contributed by atoms with Gasteiger partial charge in [0.05, 0.1) is 11.9 Å². The van der Waals surface area contributed by atoms with Crippen LogP contribution < -0.4 is 5.73 Å². The molecule has 2 N–H and O–H groups in total. The van der Waals surface area contributed by atoms with E-state index in [1.165, 1.54) is 5.56 Å². The second-order valence-corrected chi connectivity index (χ2v) is 5.38. The van der Waals surface area contributed by atoms with Crippen molar-refractivity contribution in [3.05, 3.63) is 36.2 Å². The van der Waals surface area contributed by atoms with E-state index in [-0.39, 0.29) is 0 Å². The molecule has 0 fully saturated rings. The van der Waals surface area contributed by atoms with Crippen molar-refractivity contribution in [3.63, 3.8) is 0 Å². The van der Waals surface area contributed by atoms with Crippen LogP contribution in [0.3, 0.4) is 0 Å². The van der Waals surface area contributed by atoms with Crippen LogP contribution in [0.15, 0.2) is 24.9 Å². The Morgan fingerprint density at radius 3 is 2.89 bits per heavy atom. The van der Waals surface area contributed by atoms with Crippen molar-refractivity contribution >= 4 is 6.08 Å². The van der Waals surface area contributed by atoms with Crippen LogP contribution in [0.1, 0.15) is 44.4 Å². The molecule has 0 radical (unpaired) electrons. The fraction of sp³-hybridized carbons (Fsp3) is 0.562. The molecule has 0 aliphatic rings. The summed E-state index contributed by atoms with van der Waals surface area (Å²) in [5.41, 5.74) is 8.47. The van der Waals surface area contributed by atoms with E-state index in [0.29, 0.717) is 12.0 Å². The molecule has 0 aliphatic carbocycles. The molecular weight excluding hydrogens is 234 g/mol. The lowest BCUT2D eigenvalue weighted by Crippen LogP contribution is -2.24. The lowest BCUT2D eigenvalue weighted by atomic mass is 9.99. The van der Waals surface area contributed by atoms with Crippen molar-refractivity contribution in [2.75, 3.05) is 0 Å². The molecule has 19 heavy (non-hydrogen) atoms. The zero-order valence-corrected chi connectivity index (χ0v) is 12.5. The van der Waals surface area contributed by atoms with Crippen molar-refractivity contribution in [2.45, 2.75) is 52.6 Å². The van der Waals surface area contributed by atoms with Gasteiger partial charge in [-0.3, -0.25) is 4.68 Å². The van der Waals surface area contributed by atoms with Gasteiger partial charge in [-0.1, -0.05) is 39.0 Å². The van der Waals surface area contributed by atoms with Gasteiger partial charge in [0.25, 0.3) is 0 Å². The van der Waals surface area contributed by atoms with Gasteiger partial charge in [-0.15, -0.1) is 0 Å². The fourth-order valence-electron chi connectivity index (χ4n) is 2.39. The van der Waals surface area contributed by atoms with E-state index >= 15 is 0 Å². The molecule has 0 aliphatic heterocycles. The number of aromatic nitrogens is 2. The molecule has 1 rings (SSSR count). The van der Waals surface area contributed by atoms with Gasteiger partial charge >= 0.3 is 0 Å². The number of allylic oxidation sites excluding steroid dienone is 2. The molecule has 0 saturated carbocycles. The predicted molar refractivity (Wildman–Crippen MR) is 82.9 cm³/mol. The normalized spacial score (nSPS) is 14.7. The van der Waals surface area contributed by atoms with Crippen LogP contribution in [0.4, 0.5) is 0 Å². The minimum atomic E-state index is 0.309. The second kappa shape index (κ2) is 7.95. The standard InChI is InChI=1S/C16H27N3/c1-5-7-9-16-14(4)11-18-19(16)12-13(3)10-15(17)8-6-2/h5,7,9,11,13,15H,1,6,8,10,12,17H2,2-4H3/b9-7-. The van der Waals surface area contributed by atoms with E-state index in [1.54, 1.807) is 6.08 Å². The largest absolute Gasteiger partial charge is 0.328 e. The first-order valence-corrected chi connectivity index (χ1v) is 7.15. The van der Waals surface area contributed by atoms with Gasteiger partial charge < -0.3 is 5.73 Å². The molecule has 1 aromatic rings. The van der Waals surface area contributed by atoms with Crippen molar-refractivity contribution < 1.29 is 0 Å². The van der Waals surface area contributed by atoms with Crippen molar-refractivity contribution in [3.8, 4) is 0 Å². The Balaban J connectivity index is 2.66. The average molecular weight is 261 g/mol. The Labute approximate surface area is 117 Å². The molecule has 0 spiro atoms. The van der Waals surface area contributed by atoms with Crippen molar-refractivity contribution in [1.82, 2.24) is 9.78 Å². The van der Waals surface area contributed by atoms with Crippen LogP contribution in [0.5, 0.6) is 0 Å². The molecule has 0 amide bonds. The number of aryl methyl sites for hydroxylation is 1. The minimum Gasteiger partial charge on any atom is -0.328 e. The van der Waals surface area contributed by atoms with E-state index in [0.717, 1.165) is 31.5 Å². The van der Waals surface area contributed by atoms with Gasteiger partial charge in [0.1, 0.15) is 0 Å². The summed E-state index contributed by atoms with van der Waals surface area (Å²) in [6.07, 6.45) is 11.0. The summed E-state index contributed by atoms with van der Waals surface area (Å²) in [6, 6.07) is 0.309. The van der Waals surface area contributed by atoms with E-state index in [2.05, 4.69) is 43.2 Å². The number of hydrogen-bond donors (Lipinski definition) is 1. The average Bonchev–Trinajstić information content (AvgIpc) is 2.68. The summed E-state index contributed by atoms with van der Waals surface area (Å²) in [7, 11) is 0. The Hall–Kier alpha value is -1.35. The van der Waals surface area contributed by atoms with Crippen LogP contribution in [-0.2, 0) is 6.54 Å². The number of nitrogens with two attached hydrogens (primary N) is 1. The third-order valence-corrected chi connectivity index (χ3v) is 3.31. The Morgan fingerprint density at radius 2 is 2.26 bits per heavy atom. The Bertz CT molecular complexity index is 418. The van der Waals surface area contributed by atoms with Gasteiger partial charge in [-0.05, 0) is 37.3 Å². The SMILES string of the molecule is C=C/C=C\c1c(C)cnn1CC(C)CC(N)CCC. The first-order chi connectivity index (χ1) is 9.08. The smallest absolute Gasteiger partial charge is 0.0639 e. The van der Waals surface area contributed by atoms with Gasteiger partial charge in [0.2, 0.25) is 0 Å². The Morgan fingerprint density at radius 1 is 1.53 bits per heavy atom. The molecule has 2 unspecified atom stereocenters. The zero-order valence-electron chi connectivity index (χ0n) is 12.5. The molecule has 3 heteroatoms. The van der Waals surface area contributed by atoms with Gasteiger partial charge in [-0.25, -0.2) is 0 Å². The van der Waals surface area contributed by atoms with Crippen molar-refractivity contribution in [2.24, 2.45) is 11.7 Å². The van der Waals surface area contributed by atoms with Crippen LogP contribution in [0.2, 0.25) is 0 Å². The molecule has 0 bridgehead atoms. The summed E-state index contributed by atoms with van der Waals surface area (Å²) >= 11 is 0. The maximum absolute atomic E-state index is 6.11. The van der Waals surface area contributed by atoms with Crippen LogP contribution in [-0.4, -0.2) is 15.8 Å². The summed E-state index contributed by atoms with van der Waals surface area (Å²) in [5, 5.41) is 4.45. The summed E-state index contributed by atoms with van der Waals surface area (Å²) < 4.78 is 2.07. The monoisotopic (exact) mass is 261 g/mol. The zero-order chi connectivity index (χ0) is 14.3. The van der Waals surface area contributed by atoms with E-state index in [9.17, 15) is 0 Å². The molecule has 1 heterocycles. The maximum Gasteiger partial charge on any atom is 0.0639 e. The first-order valence-electron chi connectivity index (χ1n) is 7.15. The Kier molecular flexibility index (Phi) is 6.57. The maximum atomic E-state index is 6.11. The van der Waals surface area contributed by atoms with Crippen molar-refractivity contribution in [1.29, 1.82) is 0 Å². The van der Waals surface area contributed by atoms with E-state index < -0.39 is 0 Å². The second-order valence-electron chi connectivity index (χ2n) is 5.38. The highest BCUT2D eigenvalue weighted by Gasteiger charge is 2.12. The van der Waals surface area contributed by atoms with Crippen LogP contribution in [0.25, 0.3) is 6.08 Å². The highest BCUT2D eigenvalue weighted by molar-refractivity contribution is 5.50. The predicted octanol–water partition coefficient (Wildman–Crippen LogP) is 3.54. The number of rotatable bonds is 8. The quantitative estimate of drug-likeness (QED) is 0.727. The lowest BCUT2D eigenvalue weighted by molar-refractivity contribution is 0.379. The van der Waals surface area contributed by atoms with E-state index in [1.807, 2.05) is 12.3 Å². The number of nitrogens with zero attached hydrogens (tertiary/aromatic N) is 2. The summed E-state index contributed by atoms with van der Waals surface area (Å²) in [6.45, 7) is 11.1.